The van der Waals surface area contributed by atoms with Crippen molar-refractivity contribution >= 4 is 17.0 Å². The molecule has 0 heterocycles. The Labute approximate surface area is 108 Å². The van der Waals surface area contributed by atoms with Crippen LogP contribution in [0.2, 0.25) is 0 Å². The largest absolute Gasteiger partial charge is 0.460 e. The molecule has 100 valence electrons. The lowest BCUT2D eigenvalue weighted by atomic mass is 10.1. The van der Waals surface area contributed by atoms with E-state index in [1.54, 1.807) is 12.1 Å². The Balaban J connectivity index is 2.56. The summed E-state index contributed by atoms with van der Waals surface area (Å²) in [5.41, 5.74) is 11.6. The fourth-order valence-corrected chi connectivity index (χ4v) is 1.84. The van der Waals surface area contributed by atoms with Gasteiger partial charge in [-0.05, 0) is 5.56 Å². The van der Waals surface area contributed by atoms with Gasteiger partial charge >= 0.3 is 5.97 Å². The number of benzene rings is 1. The minimum atomic E-state index is -2.31. The smallest absolute Gasteiger partial charge is 0.313 e. The molecule has 0 fully saturated rings. The zero-order chi connectivity index (χ0) is 13.5. The molecular weight excluding hydrogens is 256 g/mol. The highest BCUT2D eigenvalue weighted by atomic mass is 32.2. The number of hydrogen-bond donors (Lipinski definition) is 3. The molecule has 0 bridgehead atoms. The monoisotopic (exact) mass is 272 g/mol. The normalized spacial score (nSPS) is 15.7. The van der Waals surface area contributed by atoms with Crippen LogP contribution in [0.1, 0.15) is 5.56 Å². The molecule has 0 saturated heterocycles. The summed E-state index contributed by atoms with van der Waals surface area (Å²) in [6.07, 6.45) is 0. The molecule has 0 aromatic heterocycles. The van der Waals surface area contributed by atoms with Gasteiger partial charge in [-0.15, -0.1) is 0 Å². The Morgan fingerprint density at radius 2 is 2.00 bits per heavy atom. The lowest BCUT2D eigenvalue weighted by molar-refractivity contribution is -0.149. The summed E-state index contributed by atoms with van der Waals surface area (Å²) in [5.74, 6) is -1.66. The molecule has 0 aliphatic heterocycles. The molecule has 6 nitrogen and oxygen atoms in total. The van der Waals surface area contributed by atoms with Gasteiger partial charge in [-0.1, -0.05) is 30.3 Å². The SMILES string of the molecule is NCC(C(=O)OCc1ccccc1)C(N)S(=O)O. The van der Waals surface area contributed by atoms with Gasteiger partial charge in [0.1, 0.15) is 12.0 Å². The number of esters is 1. The summed E-state index contributed by atoms with van der Waals surface area (Å²) in [6, 6.07) is 9.08. The highest BCUT2D eigenvalue weighted by molar-refractivity contribution is 7.79. The van der Waals surface area contributed by atoms with Crippen LogP contribution in [0.5, 0.6) is 0 Å². The van der Waals surface area contributed by atoms with E-state index in [0.29, 0.717) is 0 Å². The molecular formula is C11H16N2O4S. The molecule has 3 unspecified atom stereocenters. The quantitative estimate of drug-likeness (QED) is 0.488. The first-order valence-corrected chi connectivity index (χ1v) is 6.49. The Bertz CT molecular complexity index is 413. The lowest BCUT2D eigenvalue weighted by Crippen LogP contribution is -2.43. The molecule has 0 saturated carbocycles. The molecule has 1 rings (SSSR count). The van der Waals surface area contributed by atoms with Gasteiger partial charge in [-0.2, -0.15) is 0 Å². The third-order valence-electron chi connectivity index (χ3n) is 2.41. The van der Waals surface area contributed by atoms with Gasteiger partial charge in [-0.3, -0.25) is 4.79 Å². The molecule has 1 aromatic rings. The van der Waals surface area contributed by atoms with E-state index in [-0.39, 0.29) is 13.2 Å². The lowest BCUT2D eigenvalue weighted by Gasteiger charge is -2.17. The Hall–Kier alpha value is -1.28. The fourth-order valence-electron chi connectivity index (χ4n) is 1.34. The minimum absolute atomic E-state index is 0.0843. The number of carbonyl (C=O) groups excluding carboxylic acids is 1. The van der Waals surface area contributed by atoms with Crippen LogP contribution in [0.25, 0.3) is 0 Å². The zero-order valence-corrected chi connectivity index (χ0v) is 10.5. The number of nitrogens with two attached hydrogens (primary N) is 2. The van der Waals surface area contributed by atoms with Gasteiger partial charge in [0.05, 0.1) is 5.92 Å². The van der Waals surface area contributed by atoms with Crippen molar-refractivity contribution in [1.29, 1.82) is 0 Å². The summed E-state index contributed by atoms with van der Waals surface area (Å²) in [5, 5.41) is -1.24. The Morgan fingerprint density at radius 1 is 1.39 bits per heavy atom. The van der Waals surface area contributed by atoms with E-state index in [1.807, 2.05) is 18.2 Å². The van der Waals surface area contributed by atoms with Crippen molar-refractivity contribution in [3.63, 3.8) is 0 Å². The third kappa shape index (κ3) is 4.19. The molecule has 7 heteroatoms. The standard InChI is InChI=1S/C11H16N2O4S/c12-6-9(10(13)18(15)16)11(14)17-7-8-4-2-1-3-5-8/h1-5,9-10H,6-7,12-13H2,(H,15,16). The Morgan fingerprint density at radius 3 is 2.50 bits per heavy atom. The molecule has 1 aromatic carbocycles. The molecule has 18 heavy (non-hydrogen) atoms. The summed E-state index contributed by atoms with van der Waals surface area (Å²) in [7, 11) is 0. The van der Waals surface area contributed by atoms with Crippen LogP contribution in [0, 0.1) is 5.92 Å². The van der Waals surface area contributed by atoms with E-state index in [9.17, 15) is 9.00 Å². The summed E-state index contributed by atoms with van der Waals surface area (Å²) in [6.45, 7) is -0.0535. The van der Waals surface area contributed by atoms with Crippen LogP contribution >= 0.6 is 0 Å². The van der Waals surface area contributed by atoms with Crippen molar-refractivity contribution in [3.05, 3.63) is 35.9 Å². The minimum Gasteiger partial charge on any atom is -0.460 e. The predicted octanol–water partition coefficient (Wildman–Crippen LogP) is -0.189. The molecule has 5 N–H and O–H groups in total. The van der Waals surface area contributed by atoms with Crippen molar-refractivity contribution in [3.8, 4) is 0 Å². The third-order valence-corrected chi connectivity index (χ3v) is 3.20. The molecule has 0 aliphatic carbocycles. The van der Waals surface area contributed by atoms with Crippen LogP contribution < -0.4 is 11.5 Å². The summed E-state index contributed by atoms with van der Waals surface area (Å²) >= 11 is -2.31. The molecule has 0 radical (unpaired) electrons. The van der Waals surface area contributed by atoms with Crippen LogP contribution in [-0.4, -0.2) is 26.6 Å². The topological polar surface area (TPSA) is 116 Å². The van der Waals surface area contributed by atoms with Crippen LogP contribution in [0.3, 0.4) is 0 Å². The first-order valence-electron chi connectivity index (χ1n) is 5.32. The average molecular weight is 272 g/mol. The number of ether oxygens (including phenoxy) is 1. The van der Waals surface area contributed by atoms with Crippen molar-refractivity contribution in [2.45, 2.75) is 12.0 Å². The predicted molar refractivity (Wildman–Crippen MR) is 67.5 cm³/mol. The number of rotatable bonds is 6. The molecule has 0 aliphatic rings. The maximum atomic E-state index is 11.7. The summed E-state index contributed by atoms with van der Waals surface area (Å²) < 4.78 is 24.6. The average Bonchev–Trinajstić information content (AvgIpc) is 2.38. The second kappa shape index (κ2) is 7.22. The van der Waals surface area contributed by atoms with Gasteiger partial charge in [0.15, 0.2) is 11.1 Å². The van der Waals surface area contributed by atoms with Crippen LogP contribution in [0.4, 0.5) is 0 Å². The van der Waals surface area contributed by atoms with E-state index >= 15 is 0 Å². The van der Waals surface area contributed by atoms with E-state index in [1.165, 1.54) is 0 Å². The maximum Gasteiger partial charge on any atom is 0.313 e. The van der Waals surface area contributed by atoms with E-state index in [0.717, 1.165) is 5.56 Å². The van der Waals surface area contributed by atoms with Crippen LogP contribution in [-0.2, 0) is 27.2 Å². The van der Waals surface area contributed by atoms with E-state index in [4.69, 9.17) is 20.8 Å². The van der Waals surface area contributed by atoms with Crippen molar-refractivity contribution in [2.24, 2.45) is 17.4 Å². The first-order chi connectivity index (χ1) is 8.56. The maximum absolute atomic E-state index is 11.7. The van der Waals surface area contributed by atoms with Crippen molar-refractivity contribution in [2.75, 3.05) is 6.54 Å². The molecule has 0 spiro atoms. The van der Waals surface area contributed by atoms with E-state index in [2.05, 4.69) is 0 Å². The van der Waals surface area contributed by atoms with Crippen LogP contribution in [0.15, 0.2) is 30.3 Å². The fraction of sp³-hybridized carbons (Fsp3) is 0.364. The second-order valence-corrected chi connectivity index (χ2v) is 4.77. The van der Waals surface area contributed by atoms with Gasteiger partial charge in [0, 0.05) is 6.54 Å². The van der Waals surface area contributed by atoms with Gasteiger partial charge in [0.25, 0.3) is 0 Å². The number of carbonyl (C=O) groups is 1. The van der Waals surface area contributed by atoms with Gasteiger partial charge in [-0.25, -0.2) is 4.21 Å². The highest BCUT2D eigenvalue weighted by Crippen LogP contribution is 2.08. The van der Waals surface area contributed by atoms with E-state index < -0.39 is 28.3 Å². The first kappa shape index (κ1) is 14.8. The number of hydrogen-bond acceptors (Lipinski definition) is 5. The van der Waals surface area contributed by atoms with Crippen molar-refractivity contribution < 1.29 is 18.3 Å². The summed E-state index contributed by atoms with van der Waals surface area (Å²) in [4.78, 5) is 11.7. The van der Waals surface area contributed by atoms with Gasteiger partial charge < -0.3 is 20.8 Å². The second-order valence-electron chi connectivity index (χ2n) is 3.68. The van der Waals surface area contributed by atoms with Crippen molar-refractivity contribution in [1.82, 2.24) is 0 Å². The Kier molecular flexibility index (Phi) is 5.93. The zero-order valence-electron chi connectivity index (χ0n) is 9.69. The van der Waals surface area contributed by atoms with Gasteiger partial charge in [0.2, 0.25) is 0 Å². The molecule has 3 atom stereocenters. The molecule has 0 amide bonds. The highest BCUT2D eigenvalue weighted by Gasteiger charge is 2.29.